The fourth-order valence-corrected chi connectivity index (χ4v) is 4.72. The van der Waals surface area contributed by atoms with E-state index in [9.17, 15) is 35.9 Å². The number of carbonyl (C=O) groups excluding carboxylic acids is 2. The Morgan fingerprint density at radius 1 is 1.00 bits per heavy atom. The first-order valence-corrected chi connectivity index (χ1v) is 11.0. The van der Waals surface area contributed by atoms with Gasteiger partial charge in [-0.1, -0.05) is 32.0 Å². The Labute approximate surface area is 199 Å². The van der Waals surface area contributed by atoms with E-state index in [1.54, 1.807) is 0 Å². The minimum absolute atomic E-state index is 0.00132. The molecule has 0 aromatic heterocycles. The number of hydrogen-bond acceptors (Lipinski definition) is 2. The molecule has 2 aromatic carbocycles. The molecule has 0 saturated carbocycles. The van der Waals surface area contributed by atoms with Gasteiger partial charge in [0.15, 0.2) is 0 Å². The quantitative estimate of drug-likeness (QED) is 0.462. The molecule has 190 valence electrons. The van der Waals surface area contributed by atoms with Crippen molar-refractivity contribution in [3.8, 4) is 0 Å². The number of benzene rings is 2. The van der Waals surface area contributed by atoms with Crippen LogP contribution in [0.2, 0.25) is 0 Å². The van der Waals surface area contributed by atoms with Crippen molar-refractivity contribution in [1.82, 2.24) is 0 Å². The van der Waals surface area contributed by atoms with Crippen molar-refractivity contribution >= 4 is 23.2 Å². The largest absolute Gasteiger partial charge is 0.416 e. The van der Waals surface area contributed by atoms with Gasteiger partial charge in [-0.05, 0) is 55.5 Å². The second-order valence-electron chi connectivity index (χ2n) is 9.52. The normalized spacial score (nSPS) is 18.9. The van der Waals surface area contributed by atoms with Crippen LogP contribution in [0.15, 0.2) is 36.4 Å². The second-order valence-corrected chi connectivity index (χ2v) is 9.52. The summed E-state index contributed by atoms with van der Waals surface area (Å²) in [6, 6.07) is 6.40. The van der Waals surface area contributed by atoms with E-state index in [4.69, 9.17) is 0 Å². The average molecular weight is 500 g/mol. The molecule has 2 aromatic rings. The van der Waals surface area contributed by atoms with Crippen LogP contribution in [0.3, 0.4) is 0 Å². The maximum absolute atomic E-state index is 13.4. The van der Waals surface area contributed by atoms with Gasteiger partial charge < -0.3 is 10.2 Å². The van der Waals surface area contributed by atoms with Gasteiger partial charge in [0, 0.05) is 24.3 Å². The van der Waals surface area contributed by atoms with Gasteiger partial charge in [0.1, 0.15) is 0 Å². The Morgan fingerprint density at radius 2 is 1.51 bits per heavy atom. The van der Waals surface area contributed by atoms with E-state index in [1.807, 2.05) is 45.9 Å². The number of rotatable bonds is 5. The first-order valence-electron chi connectivity index (χ1n) is 11.0. The molecule has 3 rings (SSSR count). The van der Waals surface area contributed by atoms with Crippen molar-refractivity contribution in [2.24, 2.45) is 11.3 Å². The first-order chi connectivity index (χ1) is 16.0. The molecule has 4 nitrogen and oxygen atoms in total. The van der Waals surface area contributed by atoms with E-state index in [0.717, 1.165) is 11.1 Å². The fraction of sp³-hybridized carbons (Fsp3) is 0.440. The molecule has 0 spiro atoms. The summed E-state index contributed by atoms with van der Waals surface area (Å²) in [5.74, 6) is -1.20. The van der Waals surface area contributed by atoms with Gasteiger partial charge in [0.25, 0.3) is 0 Å². The number of aryl methyl sites for hydroxylation is 2. The summed E-state index contributed by atoms with van der Waals surface area (Å²) in [5.41, 5.74) is -2.74. The third-order valence-electron chi connectivity index (χ3n) is 6.09. The minimum atomic E-state index is -5.04. The molecule has 1 heterocycles. The van der Waals surface area contributed by atoms with Crippen LogP contribution in [0.1, 0.15) is 48.9 Å². The lowest BCUT2D eigenvalue weighted by molar-refractivity contribution is -0.143. The highest BCUT2D eigenvalue weighted by molar-refractivity contribution is 6.06. The lowest BCUT2D eigenvalue weighted by Gasteiger charge is -2.30. The highest BCUT2D eigenvalue weighted by Gasteiger charge is 2.50. The molecule has 0 unspecified atom stereocenters. The smallest absolute Gasteiger partial charge is 0.326 e. The van der Waals surface area contributed by atoms with Crippen LogP contribution in [0, 0.1) is 25.2 Å². The average Bonchev–Trinajstić information content (AvgIpc) is 3.02. The standard InChI is InChI=1S/C25H26F6N2O2/c1-14(2)11-23(12-20(34)33(13-23)21-15(3)6-5-7-16(21)4)22(35)32-19-9-17(24(26,27)28)8-18(10-19)25(29,30)31/h5-10,14H,11-13H2,1-4H3,(H,32,35)/t23-/m0/s1. The number of carbonyl (C=O) groups is 2. The van der Waals surface area contributed by atoms with Gasteiger partial charge in [-0.2, -0.15) is 26.3 Å². The van der Waals surface area contributed by atoms with Crippen molar-refractivity contribution in [3.05, 3.63) is 58.7 Å². The van der Waals surface area contributed by atoms with Gasteiger partial charge >= 0.3 is 12.4 Å². The zero-order valence-electron chi connectivity index (χ0n) is 19.7. The number of alkyl halides is 6. The van der Waals surface area contributed by atoms with Crippen LogP contribution in [-0.2, 0) is 21.9 Å². The highest BCUT2D eigenvalue weighted by atomic mass is 19.4. The summed E-state index contributed by atoms with van der Waals surface area (Å²) in [6.45, 7) is 7.26. The second kappa shape index (κ2) is 9.20. The van der Waals surface area contributed by atoms with Crippen LogP contribution in [0.4, 0.5) is 37.7 Å². The summed E-state index contributed by atoms with van der Waals surface area (Å²) in [7, 11) is 0. The third kappa shape index (κ3) is 5.62. The van der Waals surface area contributed by atoms with Crippen molar-refractivity contribution in [2.45, 2.75) is 52.9 Å². The van der Waals surface area contributed by atoms with Crippen molar-refractivity contribution in [2.75, 3.05) is 16.8 Å². The molecule has 0 aliphatic carbocycles. The number of hydrogen-bond donors (Lipinski definition) is 1. The fourth-order valence-electron chi connectivity index (χ4n) is 4.72. The van der Waals surface area contributed by atoms with Gasteiger partial charge in [-0.15, -0.1) is 0 Å². The molecule has 1 fully saturated rings. The summed E-state index contributed by atoms with van der Waals surface area (Å²) >= 11 is 0. The van der Waals surface area contributed by atoms with E-state index in [2.05, 4.69) is 5.32 Å². The Hall–Kier alpha value is -3.04. The summed E-state index contributed by atoms with van der Waals surface area (Å²) in [5, 5.41) is 2.26. The minimum Gasteiger partial charge on any atom is -0.326 e. The van der Waals surface area contributed by atoms with E-state index in [1.165, 1.54) is 4.90 Å². The van der Waals surface area contributed by atoms with Gasteiger partial charge in [-0.25, -0.2) is 0 Å². The Balaban J connectivity index is 2.01. The number of nitrogens with one attached hydrogen (secondary N) is 1. The van der Waals surface area contributed by atoms with Crippen molar-refractivity contribution in [1.29, 1.82) is 0 Å². The number of halogens is 6. The van der Waals surface area contributed by atoms with Crippen molar-refractivity contribution in [3.63, 3.8) is 0 Å². The van der Waals surface area contributed by atoms with E-state index >= 15 is 0 Å². The number of para-hydroxylation sites is 1. The molecule has 0 radical (unpaired) electrons. The number of anilines is 2. The molecular formula is C25H26F6N2O2. The van der Waals surface area contributed by atoms with Crippen LogP contribution in [-0.4, -0.2) is 18.4 Å². The Kier molecular flexibility index (Phi) is 6.98. The molecule has 1 aliphatic heterocycles. The van der Waals surface area contributed by atoms with E-state index < -0.39 is 40.5 Å². The molecule has 2 amide bonds. The monoisotopic (exact) mass is 500 g/mol. The van der Waals surface area contributed by atoms with Gasteiger partial charge in [-0.3, -0.25) is 9.59 Å². The van der Waals surface area contributed by atoms with Crippen LogP contribution in [0.25, 0.3) is 0 Å². The number of amides is 2. The predicted molar refractivity (Wildman–Crippen MR) is 120 cm³/mol. The molecule has 1 aliphatic rings. The topological polar surface area (TPSA) is 49.4 Å². The molecule has 35 heavy (non-hydrogen) atoms. The molecule has 10 heteroatoms. The van der Waals surface area contributed by atoms with E-state index in [-0.39, 0.29) is 37.3 Å². The van der Waals surface area contributed by atoms with Crippen LogP contribution < -0.4 is 10.2 Å². The molecule has 0 bridgehead atoms. The lowest BCUT2D eigenvalue weighted by Crippen LogP contribution is -2.40. The van der Waals surface area contributed by atoms with Crippen molar-refractivity contribution < 1.29 is 35.9 Å². The third-order valence-corrected chi connectivity index (χ3v) is 6.09. The van der Waals surface area contributed by atoms with Gasteiger partial charge in [0.05, 0.1) is 16.5 Å². The zero-order chi connectivity index (χ0) is 26.3. The summed E-state index contributed by atoms with van der Waals surface area (Å²) in [6.07, 6.45) is -10.1. The molecule has 1 saturated heterocycles. The molecule has 1 N–H and O–H groups in total. The van der Waals surface area contributed by atoms with E-state index in [0.29, 0.717) is 17.8 Å². The number of nitrogens with zero attached hydrogens (tertiary/aromatic N) is 1. The zero-order valence-corrected chi connectivity index (χ0v) is 19.7. The summed E-state index contributed by atoms with van der Waals surface area (Å²) < 4.78 is 79.5. The van der Waals surface area contributed by atoms with Crippen LogP contribution >= 0.6 is 0 Å². The Morgan fingerprint density at radius 3 is 1.97 bits per heavy atom. The maximum atomic E-state index is 13.4. The lowest BCUT2D eigenvalue weighted by atomic mass is 9.78. The first kappa shape index (κ1) is 26.6. The Bertz CT molecular complexity index is 1090. The summed E-state index contributed by atoms with van der Waals surface area (Å²) in [4.78, 5) is 28.0. The molecular weight excluding hydrogens is 474 g/mol. The van der Waals surface area contributed by atoms with Crippen LogP contribution in [0.5, 0.6) is 0 Å². The maximum Gasteiger partial charge on any atom is 0.416 e. The SMILES string of the molecule is Cc1cccc(C)c1N1C[C@@](CC(C)C)(C(=O)Nc2cc(C(F)(F)F)cc(C(F)(F)F)c2)CC1=O. The predicted octanol–water partition coefficient (Wildman–Crippen LogP) is 6.75. The van der Waals surface area contributed by atoms with Gasteiger partial charge in [0.2, 0.25) is 11.8 Å². The molecule has 1 atom stereocenters. The highest BCUT2D eigenvalue weighted by Crippen LogP contribution is 2.43.